The van der Waals surface area contributed by atoms with Crippen LogP contribution in [-0.4, -0.2) is 66.0 Å². The number of nitrogen functional groups attached to an aromatic ring is 1. The number of tetrazole rings is 1. The number of benzene rings is 1. The van der Waals surface area contributed by atoms with Gasteiger partial charge in [-0.25, -0.2) is 27.0 Å². The average Bonchev–Trinajstić information content (AvgIpc) is 3.20. The Labute approximate surface area is 171 Å². The molecule has 3 rings (SSSR count). The van der Waals surface area contributed by atoms with Crippen molar-refractivity contribution >= 4 is 25.7 Å². The van der Waals surface area contributed by atoms with Crippen LogP contribution < -0.4 is 16.6 Å². The number of aliphatic hydroxyl groups excluding tert-OH is 1. The van der Waals surface area contributed by atoms with E-state index >= 15 is 0 Å². The van der Waals surface area contributed by atoms with Crippen molar-refractivity contribution < 1.29 is 21.9 Å². The number of aliphatic hydroxyl groups is 1. The van der Waals surface area contributed by atoms with Gasteiger partial charge >= 0.3 is 0 Å². The molecule has 1 atom stereocenters. The first-order valence-electron chi connectivity index (χ1n) is 8.31. The zero-order valence-corrected chi connectivity index (χ0v) is 16.9. The van der Waals surface area contributed by atoms with Crippen LogP contribution in [0.15, 0.2) is 40.3 Å². The Balaban J connectivity index is 2.44. The predicted octanol–water partition coefficient (Wildman–Crippen LogP) is -1.75. The number of H-pyrrole nitrogens is 1. The first-order valence-corrected chi connectivity index (χ1v) is 11.5. The van der Waals surface area contributed by atoms with Gasteiger partial charge in [-0.05, 0) is 29.0 Å². The molecule has 13 nitrogen and oxygen atoms in total. The Morgan fingerprint density at radius 2 is 1.87 bits per heavy atom. The van der Waals surface area contributed by atoms with Crippen molar-refractivity contribution in [1.82, 2.24) is 25.6 Å². The molecular formula is C15H18N8O5S2. The Hall–Kier alpha value is -2.98. The van der Waals surface area contributed by atoms with Crippen molar-refractivity contribution in [2.24, 2.45) is 10.9 Å². The highest BCUT2D eigenvalue weighted by atomic mass is 32.2. The molecule has 0 aliphatic carbocycles. The molecule has 0 aliphatic rings. The number of hydrogen-bond acceptors (Lipinski definition) is 11. The molecule has 8 N–H and O–H groups in total. The van der Waals surface area contributed by atoms with Crippen LogP contribution in [0.2, 0.25) is 0 Å². The number of sulfonamides is 1. The lowest BCUT2D eigenvalue weighted by Crippen LogP contribution is -2.30. The Morgan fingerprint density at radius 3 is 2.43 bits per heavy atom. The van der Waals surface area contributed by atoms with Crippen LogP contribution in [0.3, 0.4) is 0 Å². The monoisotopic (exact) mass is 454 g/mol. The van der Waals surface area contributed by atoms with Crippen LogP contribution in [0.5, 0.6) is 0 Å². The van der Waals surface area contributed by atoms with Crippen molar-refractivity contribution in [3.8, 4) is 22.5 Å². The molecule has 0 radical (unpaired) electrons. The molecule has 30 heavy (non-hydrogen) atoms. The fourth-order valence-corrected chi connectivity index (χ4v) is 5.91. The van der Waals surface area contributed by atoms with E-state index in [9.17, 15) is 21.9 Å². The SMILES string of the molecule is NC[C@@H](O)CS(=O)(=O)c1ccc(-c2cccnc2N)c(-c2nn[nH]n2)c1S(N)(=O)=O. The number of anilines is 1. The van der Waals surface area contributed by atoms with E-state index in [1.165, 1.54) is 12.3 Å². The highest BCUT2D eigenvalue weighted by molar-refractivity contribution is 7.93. The largest absolute Gasteiger partial charge is 0.391 e. The van der Waals surface area contributed by atoms with Crippen LogP contribution in [0.1, 0.15) is 0 Å². The van der Waals surface area contributed by atoms with E-state index < -0.39 is 41.5 Å². The second-order valence-electron chi connectivity index (χ2n) is 6.20. The number of pyridine rings is 1. The second-order valence-corrected chi connectivity index (χ2v) is 9.70. The Bertz CT molecular complexity index is 1280. The van der Waals surface area contributed by atoms with Gasteiger partial charge in [0.15, 0.2) is 9.84 Å². The zero-order valence-electron chi connectivity index (χ0n) is 15.3. The summed E-state index contributed by atoms with van der Waals surface area (Å²) in [6.07, 6.45) is 0.0195. The second kappa shape index (κ2) is 8.04. The van der Waals surface area contributed by atoms with Crippen molar-refractivity contribution in [3.05, 3.63) is 30.5 Å². The van der Waals surface area contributed by atoms with Gasteiger partial charge in [0.2, 0.25) is 15.8 Å². The van der Waals surface area contributed by atoms with Gasteiger partial charge < -0.3 is 16.6 Å². The van der Waals surface area contributed by atoms with Crippen LogP contribution in [0.4, 0.5) is 5.82 Å². The number of sulfone groups is 1. The predicted molar refractivity (Wildman–Crippen MR) is 106 cm³/mol. The lowest BCUT2D eigenvalue weighted by atomic mass is 9.99. The molecule has 3 aromatic rings. The van der Waals surface area contributed by atoms with Gasteiger partial charge in [0.25, 0.3) is 0 Å². The Kier molecular flexibility index (Phi) is 5.82. The highest BCUT2D eigenvalue weighted by Gasteiger charge is 2.33. The first-order chi connectivity index (χ1) is 14.1. The number of hydrogen-bond donors (Lipinski definition) is 5. The van der Waals surface area contributed by atoms with E-state index in [-0.39, 0.29) is 29.3 Å². The molecule has 0 saturated carbocycles. The van der Waals surface area contributed by atoms with E-state index in [4.69, 9.17) is 16.6 Å². The molecular weight excluding hydrogens is 436 g/mol. The fraction of sp³-hybridized carbons (Fsp3) is 0.200. The number of nitrogens with zero attached hydrogens (tertiary/aromatic N) is 4. The summed E-state index contributed by atoms with van der Waals surface area (Å²) in [5, 5.41) is 28.3. The summed E-state index contributed by atoms with van der Waals surface area (Å²) in [5.41, 5.74) is 11.5. The van der Waals surface area contributed by atoms with Gasteiger partial charge in [-0.1, -0.05) is 6.07 Å². The smallest absolute Gasteiger partial charge is 0.240 e. The third-order valence-electron chi connectivity index (χ3n) is 4.12. The summed E-state index contributed by atoms with van der Waals surface area (Å²) < 4.78 is 50.8. The maximum absolute atomic E-state index is 12.9. The minimum Gasteiger partial charge on any atom is -0.391 e. The maximum atomic E-state index is 12.9. The Morgan fingerprint density at radius 1 is 1.13 bits per heavy atom. The minimum absolute atomic E-state index is 0.0526. The van der Waals surface area contributed by atoms with E-state index in [1.54, 1.807) is 12.1 Å². The summed E-state index contributed by atoms with van der Waals surface area (Å²) in [7, 11) is -8.96. The maximum Gasteiger partial charge on any atom is 0.240 e. The summed E-state index contributed by atoms with van der Waals surface area (Å²) in [6, 6.07) is 5.50. The first kappa shape index (κ1) is 21.7. The summed E-state index contributed by atoms with van der Waals surface area (Å²) >= 11 is 0. The van der Waals surface area contributed by atoms with E-state index in [1.807, 2.05) is 0 Å². The van der Waals surface area contributed by atoms with Gasteiger partial charge in [0.1, 0.15) is 10.7 Å². The summed E-state index contributed by atoms with van der Waals surface area (Å²) in [6.45, 7) is -0.341. The van der Waals surface area contributed by atoms with Crippen molar-refractivity contribution in [1.29, 1.82) is 0 Å². The van der Waals surface area contributed by atoms with Crippen molar-refractivity contribution in [2.45, 2.75) is 15.9 Å². The molecule has 15 heteroatoms. The summed E-state index contributed by atoms with van der Waals surface area (Å²) in [4.78, 5) is 2.57. The van der Waals surface area contributed by atoms with Gasteiger partial charge in [-0.3, -0.25) is 0 Å². The number of rotatable bonds is 7. The third kappa shape index (κ3) is 4.14. The number of primary sulfonamides is 1. The van der Waals surface area contributed by atoms with Crippen molar-refractivity contribution in [2.75, 3.05) is 18.0 Å². The highest BCUT2D eigenvalue weighted by Crippen LogP contribution is 2.40. The molecule has 0 saturated heterocycles. The quantitative estimate of drug-likeness (QED) is 0.268. The molecule has 160 valence electrons. The van der Waals surface area contributed by atoms with E-state index in [0.29, 0.717) is 5.56 Å². The molecule has 0 spiro atoms. The van der Waals surface area contributed by atoms with Crippen LogP contribution in [0.25, 0.3) is 22.5 Å². The van der Waals surface area contributed by atoms with E-state index in [2.05, 4.69) is 25.6 Å². The molecule has 1 aromatic carbocycles. The minimum atomic E-state index is -4.63. The molecule has 2 aromatic heterocycles. The summed E-state index contributed by atoms with van der Waals surface area (Å²) in [5.74, 6) is -0.989. The lowest BCUT2D eigenvalue weighted by molar-refractivity contribution is 0.205. The number of aromatic nitrogens is 5. The molecule has 0 bridgehead atoms. The van der Waals surface area contributed by atoms with Crippen LogP contribution in [-0.2, 0) is 19.9 Å². The van der Waals surface area contributed by atoms with Crippen molar-refractivity contribution in [3.63, 3.8) is 0 Å². The fourth-order valence-electron chi connectivity index (χ4n) is 2.86. The molecule has 2 heterocycles. The van der Waals surface area contributed by atoms with Gasteiger partial charge in [0.05, 0.1) is 22.3 Å². The average molecular weight is 454 g/mol. The normalized spacial score (nSPS) is 13.3. The molecule has 0 amide bonds. The number of nitrogens with one attached hydrogen (secondary N) is 1. The molecule has 0 fully saturated rings. The molecule has 0 unspecified atom stereocenters. The number of nitrogens with two attached hydrogens (primary N) is 3. The standard InChI is InChI=1S/C15H18N8O5S2/c16-6-8(24)7-29(25,26)11-4-3-9(10-2-1-5-19-14(10)17)12(13(11)30(18,27)28)15-20-22-23-21-15/h1-5,8,24H,6-7,16H2,(H2,17,19)(H2,18,27,28)(H,20,21,22,23)/t8-/m1/s1. The third-order valence-corrected chi connectivity index (χ3v) is 7.08. The topological polar surface area (TPSA) is 234 Å². The lowest BCUT2D eigenvalue weighted by Gasteiger charge is -2.17. The molecule has 0 aliphatic heterocycles. The van der Waals surface area contributed by atoms with Gasteiger partial charge in [-0.2, -0.15) is 5.21 Å². The number of aromatic amines is 1. The zero-order chi connectivity index (χ0) is 22.1. The van der Waals surface area contributed by atoms with Crippen LogP contribution >= 0.6 is 0 Å². The van der Waals surface area contributed by atoms with Crippen LogP contribution in [0, 0.1) is 0 Å². The van der Waals surface area contributed by atoms with E-state index in [0.717, 1.165) is 6.07 Å². The van der Waals surface area contributed by atoms with Gasteiger partial charge in [0, 0.05) is 18.3 Å². The van der Waals surface area contributed by atoms with Gasteiger partial charge in [-0.15, -0.1) is 10.2 Å².